The summed E-state index contributed by atoms with van der Waals surface area (Å²) in [6, 6.07) is 4.53. The molecule has 1 unspecified atom stereocenters. The number of methoxy groups -OCH3 is 1. The van der Waals surface area contributed by atoms with Crippen molar-refractivity contribution in [3.63, 3.8) is 0 Å². The molecule has 2 rings (SSSR count). The third-order valence-electron chi connectivity index (χ3n) is 3.36. The Kier molecular flexibility index (Phi) is 3.77. The van der Waals surface area contributed by atoms with Crippen LogP contribution in [0.15, 0.2) is 18.2 Å². The lowest BCUT2D eigenvalue weighted by molar-refractivity contribution is -0.119. The van der Waals surface area contributed by atoms with Gasteiger partial charge in [-0.15, -0.1) is 0 Å². The summed E-state index contributed by atoms with van der Waals surface area (Å²) in [6.45, 7) is 0. The van der Waals surface area contributed by atoms with Crippen molar-refractivity contribution in [2.75, 3.05) is 7.11 Å². The number of hydrogen-bond donors (Lipinski definition) is 0. The van der Waals surface area contributed by atoms with Crippen LogP contribution in [-0.2, 0) is 4.79 Å². The largest absolute Gasteiger partial charge is 0.496 e. The minimum atomic E-state index is -0.266. The summed E-state index contributed by atoms with van der Waals surface area (Å²) in [5, 5.41) is 0. The number of Topliss-reactive ketones (excluding diaryl/α,β-unsaturated/α-hetero) is 1. The van der Waals surface area contributed by atoms with Crippen molar-refractivity contribution in [2.45, 2.75) is 38.0 Å². The number of ether oxygens (including phenoxy) is 1. The van der Waals surface area contributed by atoms with Gasteiger partial charge in [0, 0.05) is 18.4 Å². The van der Waals surface area contributed by atoms with Gasteiger partial charge in [0.15, 0.2) is 0 Å². The Morgan fingerprint density at radius 2 is 2.18 bits per heavy atom. The number of carbonyl (C=O) groups is 1. The molecular weight excluding hydrogens is 219 g/mol. The number of benzene rings is 1. The first kappa shape index (κ1) is 12.1. The Hall–Kier alpha value is -1.38. The second kappa shape index (κ2) is 5.30. The molecule has 3 heteroatoms. The van der Waals surface area contributed by atoms with E-state index in [1.807, 2.05) is 0 Å². The second-order valence-electron chi connectivity index (χ2n) is 4.57. The molecule has 1 aliphatic rings. The van der Waals surface area contributed by atoms with Crippen molar-refractivity contribution in [1.82, 2.24) is 0 Å². The van der Waals surface area contributed by atoms with Crippen LogP contribution in [0.4, 0.5) is 4.39 Å². The fourth-order valence-electron chi connectivity index (χ4n) is 2.48. The van der Waals surface area contributed by atoms with E-state index in [2.05, 4.69) is 0 Å². The number of rotatable bonds is 2. The van der Waals surface area contributed by atoms with Gasteiger partial charge in [-0.3, -0.25) is 4.79 Å². The average Bonchev–Trinajstić information content (AvgIpc) is 2.54. The third-order valence-corrected chi connectivity index (χ3v) is 3.36. The summed E-state index contributed by atoms with van der Waals surface area (Å²) in [4.78, 5) is 11.6. The zero-order valence-corrected chi connectivity index (χ0v) is 10.0. The van der Waals surface area contributed by atoms with Gasteiger partial charge >= 0.3 is 0 Å². The van der Waals surface area contributed by atoms with Crippen molar-refractivity contribution in [3.05, 3.63) is 29.6 Å². The molecule has 92 valence electrons. The molecule has 0 heterocycles. The van der Waals surface area contributed by atoms with Crippen LogP contribution >= 0.6 is 0 Å². The molecule has 0 saturated heterocycles. The number of hydrogen-bond acceptors (Lipinski definition) is 2. The summed E-state index contributed by atoms with van der Waals surface area (Å²) < 4.78 is 18.5. The fourth-order valence-corrected chi connectivity index (χ4v) is 2.48. The lowest BCUT2D eigenvalue weighted by Crippen LogP contribution is -2.06. The molecule has 1 atom stereocenters. The topological polar surface area (TPSA) is 26.3 Å². The summed E-state index contributed by atoms with van der Waals surface area (Å²) >= 11 is 0. The second-order valence-corrected chi connectivity index (χ2v) is 4.57. The van der Waals surface area contributed by atoms with Gasteiger partial charge in [-0.2, -0.15) is 0 Å². The normalized spacial score (nSPS) is 21.1. The van der Waals surface area contributed by atoms with Crippen LogP contribution in [0.2, 0.25) is 0 Å². The minimum Gasteiger partial charge on any atom is -0.496 e. The van der Waals surface area contributed by atoms with Gasteiger partial charge < -0.3 is 4.74 Å². The molecule has 0 aromatic heterocycles. The quantitative estimate of drug-likeness (QED) is 0.735. The lowest BCUT2D eigenvalue weighted by atomic mass is 9.90. The highest BCUT2D eigenvalue weighted by molar-refractivity contribution is 5.79. The standard InChI is InChI=1S/C14H17FO2/c1-17-14-7-6-11(15)9-13(14)10-4-2-3-5-12(16)8-10/h6-7,9-10H,2-5,8H2,1H3. The zero-order chi connectivity index (χ0) is 12.3. The van der Waals surface area contributed by atoms with Crippen LogP contribution in [0.3, 0.4) is 0 Å². The van der Waals surface area contributed by atoms with Gasteiger partial charge in [0.1, 0.15) is 17.3 Å². The number of ketones is 1. The van der Waals surface area contributed by atoms with Crippen molar-refractivity contribution in [2.24, 2.45) is 0 Å². The molecule has 1 aromatic carbocycles. The minimum absolute atomic E-state index is 0.107. The predicted molar refractivity (Wildman–Crippen MR) is 63.8 cm³/mol. The van der Waals surface area contributed by atoms with E-state index in [1.54, 1.807) is 13.2 Å². The summed E-state index contributed by atoms with van der Waals surface area (Å²) in [5.74, 6) is 0.804. The van der Waals surface area contributed by atoms with Crippen LogP contribution in [0.25, 0.3) is 0 Å². The van der Waals surface area contributed by atoms with Crippen molar-refractivity contribution in [1.29, 1.82) is 0 Å². The number of carbonyl (C=O) groups excluding carboxylic acids is 1. The van der Waals surface area contributed by atoms with E-state index in [1.165, 1.54) is 12.1 Å². The van der Waals surface area contributed by atoms with Crippen molar-refractivity contribution < 1.29 is 13.9 Å². The molecule has 1 saturated carbocycles. The average molecular weight is 236 g/mol. The molecule has 1 aliphatic carbocycles. The molecule has 2 nitrogen and oxygen atoms in total. The Morgan fingerprint density at radius 1 is 1.35 bits per heavy atom. The van der Waals surface area contributed by atoms with Gasteiger partial charge in [-0.25, -0.2) is 4.39 Å². The molecule has 0 spiro atoms. The first-order chi connectivity index (χ1) is 8.20. The zero-order valence-electron chi connectivity index (χ0n) is 10.0. The molecule has 0 aliphatic heterocycles. The van der Waals surface area contributed by atoms with Gasteiger partial charge in [-0.05, 0) is 37.0 Å². The number of halogens is 1. The van der Waals surface area contributed by atoms with Crippen molar-refractivity contribution >= 4 is 5.78 Å². The first-order valence-electron chi connectivity index (χ1n) is 6.06. The SMILES string of the molecule is COc1ccc(F)cc1C1CCCCC(=O)C1. The maximum absolute atomic E-state index is 13.3. The Balaban J connectivity index is 2.30. The Morgan fingerprint density at radius 3 is 2.94 bits per heavy atom. The van der Waals surface area contributed by atoms with E-state index in [0.29, 0.717) is 18.6 Å². The summed E-state index contributed by atoms with van der Waals surface area (Å²) in [7, 11) is 1.58. The molecular formula is C14H17FO2. The van der Waals surface area contributed by atoms with E-state index in [9.17, 15) is 9.18 Å². The molecule has 0 amide bonds. The van der Waals surface area contributed by atoms with Crippen LogP contribution < -0.4 is 4.74 Å². The molecule has 17 heavy (non-hydrogen) atoms. The molecule has 0 bridgehead atoms. The first-order valence-corrected chi connectivity index (χ1v) is 6.06. The van der Waals surface area contributed by atoms with Crippen LogP contribution in [-0.4, -0.2) is 12.9 Å². The molecule has 1 aromatic rings. The van der Waals surface area contributed by atoms with E-state index < -0.39 is 0 Å². The highest BCUT2D eigenvalue weighted by Gasteiger charge is 2.22. The van der Waals surface area contributed by atoms with E-state index in [0.717, 1.165) is 24.8 Å². The van der Waals surface area contributed by atoms with Gasteiger partial charge in [0.05, 0.1) is 7.11 Å². The fraction of sp³-hybridized carbons (Fsp3) is 0.500. The van der Waals surface area contributed by atoms with Crippen LogP contribution in [0.1, 0.15) is 43.6 Å². The van der Waals surface area contributed by atoms with E-state index in [4.69, 9.17) is 4.74 Å². The summed E-state index contributed by atoms with van der Waals surface area (Å²) in [5.41, 5.74) is 0.836. The van der Waals surface area contributed by atoms with Gasteiger partial charge in [-0.1, -0.05) is 6.42 Å². The smallest absolute Gasteiger partial charge is 0.133 e. The van der Waals surface area contributed by atoms with Crippen molar-refractivity contribution in [3.8, 4) is 5.75 Å². The highest BCUT2D eigenvalue weighted by Crippen LogP contribution is 2.35. The van der Waals surface area contributed by atoms with E-state index in [-0.39, 0.29) is 17.5 Å². The maximum Gasteiger partial charge on any atom is 0.133 e. The Bertz CT molecular complexity index is 415. The van der Waals surface area contributed by atoms with Crippen LogP contribution in [0.5, 0.6) is 5.75 Å². The van der Waals surface area contributed by atoms with Crippen LogP contribution in [0, 0.1) is 5.82 Å². The lowest BCUT2D eigenvalue weighted by Gasteiger charge is -2.17. The monoisotopic (exact) mass is 236 g/mol. The summed E-state index contributed by atoms with van der Waals surface area (Å²) in [6.07, 6.45) is 4.09. The molecule has 0 N–H and O–H groups in total. The molecule has 0 radical (unpaired) electrons. The van der Waals surface area contributed by atoms with E-state index >= 15 is 0 Å². The highest BCUT2D eigenvalue weighted by atomic mass is 19.1. The van der Waals surface area contributed by atoms with Gasteiger partial charge in [0.2, 0.25) is 0 Å². The predicted octanol–water partition coefficient (Wildman–Crippen LogP) is 3.45. The third kappa shape index (κ3) is 2.84. The Labute approximate surface area is 101 Å². The maximum atomic E-state index is 13.3. The van der Waals surface area contributed by atoms with Gasteiger partial charge in [0.25, 0.3) is 0 Å². The molecule has 1 fully saturated rings.